The molecule has 2 nitrogen and oxygen atoms in total. The Morgan fingerprint density at radius 1 is 1.04 bits per heavy atom. The fraction of sp³-hybridized carbons (Fsp3) is 0.238. The topological polar surface area (TPSA) is 12.5 Å². The van der Waals surface area contributed by atoms with E-state index in [1.165, 1.54) is 23.8 Å². The lowest BCUT2D eigenvalue weighted by atomic mass is 9.97. The largest absolute Gasteiger partial charge is 0.495 e. The summed E-state index contributed by atoms with van der Waals surface area (Å²) in [5, 5.41) is 0. The third kappa shape index (κ3) is 3.54. The Balaban J connectivity index is 2.08. The summed E-state index contributed by atoms with van der Waals surface area (Å²) < 4.78 is 35.0. The zero-order valence-corrected chi connectivity index (χ0v) is 16.5. The number of benzene rings is 2. The van der Waals surface area contributed by atoms with Gasteiger partial charge in [-0.2, -0.15) is 0 Å². The van der Waals surface area contributed by atoms with E-state index in [9.17, 15) is 8.78 Å². The van der Waals surface area contributed by atoms with Gasteiger partial charge in [0.1, 0.15) is 23.1 Å². The van der Waals surface area contributed by atoms with Crippen LogP contribution in [0.2, 0.25) is 0 Å². The number of methoxy groups -OCH3 is 1. The van der Waals surface area contributed by atoms with Crippen LogP contribution in [0.25, 0.3) is 0 Å². The van der Waals surface area contributed by atoms with Crippen molar-refractivity contribution < 1.29 is 13.5 Å². The summed E-state index contributed by atoms with van der Waals surface area (Å²) in [7, 11) is 1.61. The zero-order valence-electron chi connectivity index (χ0n) is 14.9. The molecule has 0 aliphatic carbocycles. The number of ether oxygens (including phenoxy) is 1. The molecule has 0 bridgehead atoms. The Labute approximate surface area is 160 Å². The second-order valence-electron chi connectivity index (χ2n) is 6.32. The highest BCUT2D eigenvalue weighted by Gasteiger charge is 2.28. The summed E-state index contributed by atoms with van der Waals surface area (Å²) in [6.45, 7) is 4.22. The van der Waals surface area contributed by atoms with Gasteiger partial charge in [0, 0.05) is 17.7 Å². The highest BCUT2D eigenvalue weighted by Crippen LogP contribution is 2.37. The van der Waals surface area contributed by atoms with Gasteiger partial charge in [-0.15, -0.1) is 0 Å². The van der Waals surface area contributed by atoms with Gasteiger partial charge in [0.2, 0.25) is 0 Å². The van der Waals surface area contributed by atoms with E-state index in [0.717, 1.165) is 27.1 Å². The molecule has 5 heteroatoms. The van der Waals surface area contributed by atoms with Gasteiger partial charge in [-0.3, -0.25) is 0 Å². The van der Waals surface area contributed by atoms with E-state index in [0.29, 0.717) is 13.0 Å². The Kier molecular flexibility index (Phi) is 5.47. The number of halogens is 3. The molecule has 1 heterocycles. The van der Waals surface area contributed by atoms with Gasteiger partial charge in [-0.25, -0.2) is 8.78 Å². The van der Waals surface area contributed by atoms with Crippen molar-refractivity contribution in [1.29, 1.82) is 0 Å². The molecule has 136 valence electrons. The fourth-order valence-corrected chi connectivity index (χ4v) is 3.82. The maximum atomic E-state index is 14.3. The monoisotopic (exact) mass is 419 g/mol. The van der Waals surface area contributed by atoms with E-state index in [1.807, 2.05) is 26.0 Å². The van der Waals surface area contributed by atoms with Gasteiger partial charge in [-0.1, -0.05) is 35.9 Å². The van der Waals surface area contributed by atoms with Gasteiger partial charge in [0.05, 0.1) is 18.1 Å². The van der Waals surface area contributed by atoms with E-state index in [1.54, 1.807) is 12.0 Å². The molecule has 0 radical (unpaired) electrons. The number of rotatable bonds is 4. The molecular weight excluding hydrogens is 400 g/mol. The molecule has 0 unspecified atom stereocenters. The van der Waals surface area contributed by atoms with Crippen LogP contribution in [-0.2, 0) is 11.2 Å². The standard InChI is InChI=1S/C21H20BrF2NO/c1-13-7-9-15(10-8-13)11-16-14(2)25(12-17(22)21(16)26-3)20-18(23)5-4-6-19(20)24/h4-10H,11-12H2,1-3H3. The van der Waals surface area contributed by atoms with Crippen molar-refractivity contribution in [2.45, 2.75) is 20.3 Å². The second kappa shape index (κ2) is 7.62. The van der Waals surface area contributed by atoms with Crippen LogP contribution in [-0.4, -0.2) is 13.7 Å². The van der Waals surface area contributed by atoms with Crippen molar-refractivity contribution in [3.63, 3.8) is 0 Å². The van der Waals surface area contributed by atoms with E-state index in [2.05, 4.69) is 28.1 Å². The number of para-hydroxylation sites is 1. The normalized spacial score (nSPS) is 14.9. The molecule has 0 saturated carbocycles. The minimum atomic E-state index is -0.583. The lowest BCUT2D eigenvalue weighted by Gasteiger charge is -2.33. The molecular formula is C21H20BrF2NO. The van der Waals surface area contributed by atoms with Crippen molar-refractivity contribution in [3.8, 4) is 0 Å². The molecule has 2 aromatic carbocycles. The van der Waals surface area contributed by atoms with Crippen molar-refractivity contribution in [3.05, 3.63) is 86.7 Å². The first-order valence-corrected chi connectivity index (χ1v) is 9.11. The third-order valence-electron chi connectivity index (χ3n) is 4.57. The van der Waals surface area contributed by atoms with Crippen molar-refractivity contribution in [2.75, 3.05) is 18.6 Å². The predicted molar refractivity (Wildman–Crippen MR) is 104 cm³/mol. The molecule has 1 aliphatic rings. The average molecular weight is 420 g/mol. The first-order valence-electron chi connectivity index (χ1n) is 8.32. The molecule has 1 aliphatic heterocycles. The number of aryl methyl sites for hydroxylation is 1. The van der Waals surface area contributed by atoms with Crippen LogP contribution >= 0.6 is 15.9 Å². The van der Waals surface area contributed by atoms with E-state index < -0.39 is 11.6 Å². The Bertz CT molecular complexity index is 867. The van der Waals surface area contributed by atoms with Crippen LogP contribution in [0.5, 0.6) is 0 Å². The van der Waals surface area contributed by atoms with Gasteiger partial charge in [-0.05, 0) is 47.5 Å². The third-order valence-corrected chi connectivity index (χ3v) is 5.18. The van der Waals surface area contributed by atoms with Crippen LogP contribution < -0.4 is 4.90 Å². The lowest BCUT2D eigenvalue weighted by molar-refractivity contribution is 0.294. The lowest BCUT2D eigenvalue weighted by Crippen LogP contribution is -2.31. The maximum absolute atomic E-state index is 14.3. The molecule has 26 heavy (non-hydrogen) atoms. The Morgan fingerprint density at radius 3 is 2.23 bits per heavy atom. The molecule has 0 saturated heterocycles. The van der Waals surface area contributed by atoms with E-state index in [-0.39, 0.29) is 5.69 Å². The van der Waals surface area contributed by atoms with Gasteiger partial charge >= 0.3 is 0 Å². The minimum absolute atomic E-state index is 0.0430. The zero-order chi connectivity index (χ0) is 18.8. The summed E-state index contributed by atoms with van der Waals surface area (Å²) in [5.74, 6) is -0.448. The highest BCUT2D eigenvalue weighted by molar-refractivity contribution is 9.11. The minimum Gasteiger partial charge on any atom is -0.495 e. The molecule has 0 atom stereocenters. The van der Waals surface area contributed by atoms with Gasteiger partial charge in [0.25, 0.3) is 0 Å². The van der Waals surface area contributed by atoms with Crippen molar-refractivity contribution in [2.24, 2.45) is 0 Å². The molecule has 0 fully saturated rings. The van der Waals surface area contributed by atoms with Crippen molar-refractivity contribution >= 4 is 21.6 Å². The molecule has 0 N–H and O–H groups in total. The Morgan fingerprint density at radius 2 is 1.65 bits per heavy atom. The van der Waals surface area contributed by atoms with Gasteiger partial charge in [0.15, 0.2) is 0 Å². The number of nitrogens with zero attached hydrogens (tertiary/aromatic N) is 1. The van der Waals surface area contributed by atoms with Crippen LogP contribution in [0.15, 0.2) is 64.0 Å². The first kappa shape index (κ1) is 18.6. The van der Waals surface area contributed by atoms with Gasteiger partial charge < -0.3 is 9.64 Å². The summed E-state index contributed by atoms with van der Waals surface area (Å²) in [5.41, 5.74) is 3.92. The molecule has 0 spiro atoms. The molecule has 0 aromatic heterocycles. The van der Waals surface area contributed by atoms with Crippen LogP contribution in [0, 0.1) is 18.6 Å². The smallest absolute Gasteiger partial charge is 0.149 e. The quantitative estimate of drug-likeness (QED) is 0.614. The highest BCUT2D eigenvalue weighted by atomic mass is 79.9. The number of hydrogen-bond acceptors (Lipinski definition) is 2. The number of anilines is 1. The number of allylic oxidation sites excluding steroid dienone is 2. The summed E-state index contributed by atoms with van der Waals surface area (Å²) in [6, 6.07) is 12.1. The summed E-state index contributed by atoms with van der Waals surface area (Å²) >= 11 is 3.53. The maximum Gasteiger partial charge on any atom is 0.149 e. The van der Waals surface area contributed by atoms with E-state index in [4.69, 9.17) is 4.74 Å². The molecule has 2 aromatic rings. The van der Waals surface area contributed by atoms with E-state index >= 15 is 0 Å². The average Bonchev–Trinajstić information content (AvgIpc) is 2.60. The predicted octanol–water partition coefficient (Wildman–Crippen LogP) is 5.86. The number of hydrogen-bond donors (Lipinski definition) is 0. The second-order valence-corrected chi connectivity index (χ2v) is 7.28. The van der Waals surface area contributed by atoms with Crippen LogP contribution in [0.4, 0.5) is 14.5 Å². The molecule has 3 rings (SSSR count). The SMILES string of the molecule is COC1=C(Br)CN(c2c(F)cccc2F)C(C)=C1Cc1ccc(C)cc1. The summed E-state index contributed by atoms with van der Waals surface area (Å²) in [4.78, 5) is 1.65. The Hall–Kier alpha value is -2.14. The van der Waals surface area contributed by atoms with Crippen LogP contribution in [0.1, 0.15) is 18.1 Å². The first-order chi connectivity index (χ1) is 12.4. The van der Waals surface area contributed by atoms with Crippen molar-refractivity contribution in [1.82, 2.24) is 0 Å². The fourth-order valence-electron chi connectivity index (χ4n) is 3.17. The molecule has 0 amide bonds. The van der Waals surface area contributed by atoms with Crippen LogP contribution in [0.3, 0.4) is 0 Å². The summed E-state index contributed by atoms with van der Waals surface area (Å²) in [6.07, 6.45) is 0.608.